The van der Waals surface area contributed by atoms with Crippen LogP contribution in [0.3, 0.4) is 0 Å². The number of carbonyl (C=O) groups is 1. The van der Waals surface area contributed by atoms with E-state index in [2.05, 4.69) is 41.3 Å². The molecule has 1 aromatic heterocycles. The molecule has 0 aliphatic rings. The van der Waals surface area contributed by atoms with Gasteiger partial charge in [-0.15, -0.1) is 0 Å². The molecular weight excluding hydrogens is 250 g/mol. The topological polar surface area (TPSA) is 54.9 Å². The van der Waals surface area contributed by atoms with E-state index < -0.39 is 0 Å². The highest BCUT2D eigenvalue weighted by molar-refractivity contribution is 6.00. The second-order valence-corrected chi connectivity index (χ2v) is 4.72. The van der Waals surface area contributed by atoms with E-state index in [1.165, 1.54) is 11.6 Å². The molecule has 0 fully saturated rings. The maximum Gasteiger partial charge on any atom is 0.250 e. The molecule has 1 amide bonds. The first-order valence-corrected chi connectivity index (χ1v) is 6.51. The van der Waals surface area contributed by atoms with Gasteiger partial charge in [-0.3, -0.25) is 10.1 Å². The Balaban J connectivity index is 1.97. The fraction of sp³-hybridized carbons (Fsp3) is 0.188. The molecule has 2 aromatic rings. The summed E-state index contributed by atoms with van der Waals surface area (Å²) in [6, 6.07) is 9.84. The standard InChI is InChI=1S/C16H17N3O/c1-12(2)14-7-4-13(5-8-14)6-9-15(20)19-16-17-10-3-11-18-16/h3-12H,1-2H3,(H,17,18,19,20)/b9-6-. The van der Waals surface area contributed by atoms with Gasteiger partial charge in [0, 0.05) is 18.5 Å². The Morgan fingerprint density at radius 3 is 2.40 bits per heavy atom. The van der Waals surface area contributed by atoms with Crippen LogP contribution in [0.2, 0.25) is 0 Å². The lowest BCUT2D eigenvalue weighted by Gasteiger charge is -2.04. The molecule has 4 heteroatoms. The Morgan fingerprint density at radius 1 is 1.15 bits per heavy atom. The highest BCUT2D eigenvalue weighted by Gasteiger charge is 2.00. The van der Waals surface area contributed by atoms with E-state index in [-0.39, 0.29) is 5.91 Å². The number of benzene rings is 1. The van der Waals surface area contributed by atoms with Gasteiger partial charge in [0.2, 0.25) is 5.95 Å². The van der Waals surface area contributed by atoms with Gasteiger partial charge in [0.15, 0.2) is 0 Å². The molecule has 20 heavy (non-hydrogen) atoms. The van der Waals surface area contributed by atoms with Gasteiger partial charge in [-0.1, -0.05) is 38.1 Å². The first-order chi connectivity index (χ1) is 9.65. The molecule has 102 valence electrons. The predicted molar refractivity (Wildman–Crippen MR) is 80.2 cm³/mol. The van der Waals surface area contributed by atoms with E-state index in [1.54, 1.807) is 24.5 Å². The molecule has 0 atom stereocenters. The third-order valence-corrected chi connectivity index (χ3v) is 2.83. The summed E-state index contributed by atoms with van der Waals surface area (Å²) in [7, 11) is 0. The third-order valence-electron chi connectivity index (χ3n) is 2.83. The van der Waals surface area contributed by atoms with Crippen molar-refractivity contribution in [3.63, 3.8) is 0 Å². The Hall–Kier alpha value is -2.49. The summed E-state index contributed by atoms with van der Waals surface area (Å²) in [4.78, 5) is 19.5. The molecule has 1 N–H and O–H groups in total. The van der Waals surface area contributed by atoms with Crippen LogP contribution in [0.15, 0.2) is 48.8 Å². The number of hydrogen-bond donors (Lipinski definition) is 1. The fourth-order valence-electron chi connectivity index (χ4n) is 1.68. The number of rotatable bonds is 4. The zero-order chi connectivity index (χ0) is 14.4. The van der Waals surface area contributed by atoms with Gasteiger partial charge >= 0.3 is 0 Å². The molecular formula is C16H17N3O. The molecule has 0 radical (unpaired) electrons. The monoisotopic (exact) mass is 267 g/mol. The molecule has 0 aliphatic heterocycles. The average Bonchev–Trinajstić information content (AvgIpc) is 2.46. The van der Waals surface area contributed by atoms with Crippen LogP contribution in [-0.2, 0) is 4.79 Å². The van der Waals surface area contributed by atoms with E-state index in [0.717, 1.165) is 5.56 Å². The van der Waals surface area contributed by atoms with E-state index in [0.29, 0.717) is 11.9 Å². The van der Waals surface area contributed by atoms with E-state index in [1.807, 2.05) is 12.1 Å². The molecule has 0 saturated heterocycles. The van der Waals surface area contributed by atoms with Gasteiger partial charge in [-0.2, -0.15) is 0 Å². The van der Waals surface area contributed by atoms with Crippen LogP contribution in [0.5, 0.6) is 0 Å². The van der Waals surface area contributed by atoms with Gasteiger partial charge in [0.1, 0.15) is 0 Å². The molecule has 1 aromatic carbocycles. The Labute approximate surface area is 118 Å². The van der Waals surface area contributed by atoms with Crippen molar-refractivity contribution < 1.29 is 4.79 Å². The van der Waals surface area contributed by atoms with Crippen LogP contribution in [0.1, 0.15) is 30.9 Å². The van der Waals surface area contributed by atoms with Crippen LogP contribution in [-0.4, -0.2) is 15.9 Å². The van der Waals surface area contributed by atoms with Crippen LogP contribution in [0.25, 0.3) is 6.08 Å². The van der Waals surface area contributed by atoms with Crippen molar-refractivity contribution in [3.05, 3.63) is 59.9 Å². The molecule has 0 spiro atoms. The molecule has 2 rings (SSSR count). The average molecular weight is 267 g/mol. The maximum absolute atomic E-state index is 11.7. The first kappa shape index (κ1) is 13.9. The van der Waals surface area contributed by atoms with Gasteiger partial charge < -0.3 is 0 Å². The molecule has 0 aliphatic carbocycles. The Bertz CT molecular complexity index is 589. The number of anilines is 1. The van der Waals surface area contributed by atoms with Crippen molar-refractivity contribution in [2.24, 2.45) is 0 Å². The summed E-state index contributed by atoms with van der Waals surface area (Å²) >= 11 is 0. The SMILES string of the molecule is CC(C)c1ccc(/C=C\C(=O)Nc2ncccn2)cc1. The fourth-order valence-corrected chi connectivity index (χ4v) is 1.68. The zero-order valence-corrected chi connectivity index (χ0v) is 11.6. The Morgan fingerprint density at radius 2 is 1.80 bits per heavy atom. The highest BCUT2D eigenvalue weighted by atomic mass is 16.1. The third kappa shape index (κ3) is 4.02. The minimum Gasteiger partial charge on any atom is -0.291 e. The van der Waals surface area contributed by atoms with Crippen molar-refractivity contribution in [1.82, 2.24) is 9.97 Å². The number of hydrogen-bond acceptors (Lipinski definition) is 3. The van der Waals surface area contributed by atoms with Gasteiger partial charge in [0.25, 0.3) is 5.91 Å². The lowest BCUT2D eigenvalue weighted by atomic mass is 10.0. The van der Waals surface area contributed by atoms with Crippen molar-refractivity contribution in [3.8, 4) is 0 Å². The van der Waals surface area contributed by atoms with E-state index in [9.17, 15) is 4.79 Å². The first-order valence-electron chi connectivity index (χ1n) is 6.51. The van der Waals surface area contributed by atoms with Crippen LogP contribution >= 0.6 is 0 Å². The molecule has 0 bridgehead atoms. The lowest BCUT2D eigenvalue weighted by molar-refractivity contribution is -0.111. The largest absolute Gasteiger partial charge is 0.291 e. The zero-order valence-electron chi connectivity index (χ0n) is 11.6. The van der Waals surface area contributed by atoms with Crippen molar-refractivity contribution in [1.29, 1.82) is 0 Å². The number of carbonyl (C=O) groups excluding carboxylic acids is 1. The maximum atomic E-state index is 11.7. The molecule has 0 unspecified atom stereocenters. The van der Waals surface area contributed by atoms with E-state index in [4.69, 9.17) is 0 Å². The second kappa shape index (κ2) is 6.61. The lowest BCUT2D eigenvalue weighted by Crippen LogP contribution is -2.10. The van der Waals surface area contributed by atoms with Crippen molar-refractivity contribution >= 4 is 17.9 Å². The van der Waals surface area contributed by atoms with Crippen molar-refractivity contribution in [2.75, 3.05) is 5.32 Å². The highest BCUT2D eigenvalue weighted by Crippen LogP contribution is 2.15. The summed E-state index contributed by atoms with van der Waals surface area (Å²) in [5, 5.41) is 2.59. The molecule has 0 saturated carbocycles. The Kier molecular flexibility index (Phi) is 4.60. The smallest absolute Gasteiger partial charge is 0.250 e. The number of nitrogens with zero attached hydrogens (tertiary/aromatic N) is 2. The summed E-state index contributed by atoms with van der Waals surface area (Å²) in [5.41, 5.74) is 2.27. The van der Waals surface area contributed by atoms with Crippen LogP contribution in [0.4, 0.5) is 5.95 Å². The van der Waals surface area contributed by atoms with Crippen LogP contribution in [0, 0.1) is 0 Å². The summed E-state index contributed by atoms with van der Waals surface area (Å²) in [5.74, 6) is 0.563. The summed E-state index contributed by atoms with van der Waals surface area (Å²) < 4.78 is 0. The van der Waals surface area contributed by atoms with Crippen LogP contribution < -0.4 is 5.32 Å². The number of amides is 1. The summed E-state index contributed by atoms with van der Waals surface area (Å²) in [6.07, 6.45) is 6.40. The number of aromatic nitrogens is 2. The minimum absolute atomic E-state index is 0.246. The van der Waals surface area contributed by atoms with Crippen molar-refractivity contribution in [2.45, 2.75) is 19.8 Å². The van der Waals surface area contributed by atoms with Gasteiger partial charge in [-0.25, -0.2) is 9.97 Å². The summed E-state index contributed by atoms with van der Waals surface area (Å²) in [6.45, 7) is 4.30. The van der Waals surface area contributed by atoms with E-state index >= 15 is 0 Å². The molecule has 1 heterocycles. The second-order valence-electron chi connectivity index (χ2n) is 4.72. The predicted octanol–water partition coefficient (Wildman–Crippen LogP) is 3.25. The van der Waals surface area contributed by atoms with Gasteiger partial charge in [-0.05, 0) is 29.2 Å². The van der Waals surface area contributed by atoms with Gasteiger partial charge in [0.05, 0.1) is 0 Å². The normalized spacial score (nSPS) is 10.9. The minimum atomic E-state index is -0.246. The molecule has 4 nitrogen and oxygen atoms in total. The quantitative estimate of drug-likeness (QED) is 0.865. The number of nitrogens with one attached hydrogen (secondary N) is 1.